The molecule has 0 aliphatic carbocycles. The third kappa shape index (κ3) is 8.48. The molecule has 0 aliphatic rings. The SMILES string of the molecule is O=C([O-])CCC(=O)NNC(=O)CCC(=O)[O-]. The van der Waals surface area contributed by atoms with Crippen LogP contribution in [0, 0.1) is 0 Å². The van der Waals surface area contributed by atoms with Crippen LogP contribution in [-0.4, -0.2) is 23.8 Å². The molecule has 0 aromatic carbocycles. The number of hydrogen-bond acceptors (Lipinski definition) is 6. The Morgan fingerprint density at radius 1 is 0.688 bits per heavy atom. The average Bonchev–Trinajstić information content (AvgIpc) is 2.20. The summed E-state index contributed by atoms with van der Waals surface area (Å²) in [5.74, 6) is -4.16. The van der Waals surface area contributed by atoms with Crippen LogP contribution in [0.5, 0.6) is 0 Å². The smallest absolute Gasteiger partial charge is 0.238 e. The number of carbonyl (C=O) groups is 4. The van der Waals surface area contributed by atoms with E-state index in [1.165, 1.54) is 0 Å². The Kier molecular flexibility index (Phi) is 6.25. The van der Waals surface area contributed by atoms with E-state index in [4.69, 9.17) is 0 Å². The van der Waals surface area contributed by atoms with Crippen LogP contribution < -0.4 is 21.1 Å². The summed E-state index contributed by atoms with van der Waals surface area (Å²) in [7, 11) is 0. The molecule has 0 radical (unpaired) electrons. The maximum atomic E-state index is 10.8. The summed E-state index contributed by atoms with van der Waals surface area (Å²) in [6.45, 7) is 0. The summed E-state index contributed by atoms with van der Waals surface area (Å²) in [4.78, 5) is 41.6. The molecular weight excluding hydrogens is 220 g/mol. The minimum Gasteiger partial charge on any atom is -0.550 e. The highest BCUT2D eigenvalue weighted by molar-refractivity contribution is 5.84. The van der Waals surface area contributed by atoms with Crippen molar-refractivity contribution in [2.75, 3.05) is 0 Å². The van der Waals surface area contributed by atoms with Gasteiger partial charge in [0.2, 0.25) is 11.8 Å². The molecule has 0 bridgehead atoms. The van der Waals surface area contributed by atoms with Crippen molar-refractivity contribution >= 4 is 23.8 Å². The number of amides is 2. The monoisotopic (exact) mass is 230 g/mol. The highest BCUT2D eigenvalue weighted by Crippen LogP contribution is 1.87. The van der Waals surface area contributed by atoms with E-state index in [0.29, 0.717) is 0 Å². The van der Waals surface area contributed by atoms with Gasteiger partial charge in [-0.05, 0) is 12.8 Å². The molecule has 8 nitrogen and oxygen atoms in total. The number of carbonyl (C=O) groups excluding carboxylic acids is 4. The third-order valence-electron chi connectivity index (χ3n) is 1.45. The predicted molar refractivity (Wildman–Crippen MR) is 44.8 cm³/mol. The van der Waals surface area contributed by atoms with E-state index >= 15 is 0 Å². The van der Waals surface area contributed by atoms with Crippen molar-refractivity contribution in [2.45, 2.75) is 25.7 Å². The Morgan fingerprint density at radius 3 is 1.25 bits per heavy atom. The van der Waals surface area contributed by atoms with Gasteiger partial charge < -0.3 is 19.8 Å². The van der Waals surface area contributed by atoms with Crippen LogP contribution in [0.25, 0.3) is 0 Å². The number of hydrogen-bond donors (Lipinski definition) is 2. The first kappa shape index (κ1) is 13.9. The first-order valence-corrected chi connectivity index (χ1v) is 4.39. The van der Waals surface area contributed by atoms with E-state index in [0.717, 1.165) is 0 Å². The fraction of sp³-hybridized carbons (Fsp3) is 0.500. The number of carboxylic acids is 2. The number of nitrogens with one attached hydrogen (secondary N) is 2. The Labute approximate surface area is 90.6 Å². The Bertz CT molecular complexity index is 271. The van der Waals surface area contributed by atoms with Crippen LogP contribution in [0.1, 0.15) is 25.7 Å². The molecule has 90 valence electrons. The van der Waals surface area contributed by atoms with E-state index in [1.54, 1.807) is 0 Å². The zero-order chi connectivity index (χ0) is 12.6. The van der Waals surface area contributed by atoms with Crippen molar-refractivity contribution in [1.82, 2.24) is 10.9 Å². The Hall–Kier alpha value is -2.12. The van der Waals surface area contributed by atoms with Gasteiger partial charge in [-0.1, -0.05) is 0 Å². The van der Waals surface area contributed by atoms with Crippen molar-refractivity contribution in [2.24, 2.45) is 0 Å². The van der Waals surface area contributed by atoms with E-state index in [2.05, 4.69) is 0 Å². The fourth-order valence-electron chi connectivity index (χ4n) is 0.696. The lowest BCUT2D eigenvalue weighted by Crippen LogP contribution is -2.42. The second-order valence-electron chi connectivity index (χ2n) is 2.84. The minimum atomic E-state index is -1.38. The molecule has 0 rings (SSSR count). The van der Waals surface area contributed by atoms with Crippen LogP contribution in [0.4, 0.5) is 0 Å². The quantitative estimate of drug-likeness (QED) is 0.448. The largest absolute Gasteiger partial charge is 0.550 e. The van der Waals surface area contributed by atoms with Gasteiger partial charge in [-0.15, -0.1) is 0 Å². The highest BCUT2D eigenvalue weighted by atomic mass is 16.4. The van der Waals surface area contributed by atoms with Crippen molar-refractivity contribution in [3.8, 4) is 0 Å². The molecule has 2 N–H and O–H groups in total. The van der Waals surface area contributed by atoms with Crippen LogP contribution in [0.3, 0.4) is 0 Å². The normalized spacial score (nSPS) is 9.25. The Balaban J connectivity index is 3.63. The first-order valence-electron chi connectivity index (χ1n) is 4.39. The van der Waals surface area contributed by atoms with E-state index in [1.807, 2.05) is 10.9 Å². The second kappa shape index (κ2) is 7.21. The molecule has 2 amide bonds. The summed E-state index contributed by atoms with van der Waals surface area (Å²) in [6.07, 6.45) is -1.58. The van der Waals surface area contributed by atoms with Gasteiger partial charge in [0.1, 0.15) is 0 Å². The van der Waals surface area contributed by atoms with Crippen molar-refractivity contribution in [3.63, 3.8) is 0 Å². The van der Waals surface area contributed by atoms with Crippen LogP contribution >= 0.6 is 0 Å². The lowest BCUT2D eigenvalue weighted by atomic mass is 10.3. The maximum Gasteiger partial charge on any atom is 0.238 e. The molecule has 8 heteroatoms. The molecule has 0 fully saturated rings. The molecule has 0 spiro atoms. The number of aliphatic carboxylic acids is 2. The van der Waals surface area contributed by atoms with Crippen LogP contribution in [0.2, 0.25) is 0 Å². The van der Waals surface area contributed by atoms with Crippen molar-refractivity contribution in [1.29, 1.82) is 0 Å². The molecule has 0 atom stereocenters. The van der Waals surface area contributed by atoms with Gasteiger partial charge in [0.25, 0.3) is 0 Å². The molecule has 0 aromatic heterocycles. The van der Waals surface area contributed by atoms with Gasteiger partial charge in [-0.3, -0.25) is 20.4 Å². The summed E-state index contributed by atoms with van der Waals surface area (Å²) < 4.78 is 0. The van der Waals surface area contributed by atoms with Gasteiger partial charge in [0.15, 0.2) is 0 Å². The van der Waals surface area contributed by atoms with E-state index in [-0.39, 0.29) is 12.8 Å². The molecule has 0 saturated heterocycles. The number of hydrazine groups is 1. The fourth-order valence-corrected chi connectivity index (χ4v) is 0.696. The minimum absolute atomic E-state index is 0.330. The summed E-state index contributed by atoms with van der Waals surface area (Å²) in [6, 6.07) is 0. The third-order valence-corrected chi connectivity index (χ3v) is 1.45. The van der Waals surface area contributed by atoms with Gasteiger partial charge in [-0.2, -0.15) is 0 Å². The summed E-state index contributed by atoms with van der Waals surface area (Å²) in [5.41, 5.74) is 3.84. The molecule has 0 heterocycles. The molecule has 0 aromatic rings. The van der Waals surface area contributed by atoms with Crippen molar-refractivity contribution in [3.05, 3.63) is 0 Å². The van der Waals surface area contributed by atoms with E-state index < -0.39 is 36.6 Å². The Morgan fingerprint density at radius 2 is 1.00 bits per heavy atom. The van der Waals surface area contributed by atoms with Gasteiger partial charge in [-0.25, -0.2) is 0 Å². The van der Waals surface area contributed by atoms with E-state index in [9.17, 15) is 29.4 Å². The first-order chi connectivity index (χ1) is 7.41. The lowest BCUT2D eigenvalue weighted by Gasteiger charge is -2.07. The van der Waals surface area contributed by atoms with Gasteiger partial charge in [0.05, 0.1) is 0 Å². The predicted octanol–water partition coefficient (Wildman–Crippen LogP) is -3.81. The summed E-state index contributed by atoms with van der Waals surface area (Å²) in [5, 5.41) is 19.9. The highest BCUT2D eigenvalue weighted by Gasteiger charge is 2.04. The van der Waals surface area contributed by atoms with Crippen molar-refractivity contribution < 1.29 is 29.4 Å². The number of rotatable bonds is 6. The topological polar surface area (TPSA) is 138 Å². The molecule has 0 unspecified atom stereocenters. The molecule has 16 heavy (non-hydrogen) atoms. The summed E-state index contributed by atoms with van der Waals surface area (Å²) >= 11 is 0. The van der Waals surface area contributed by atoms with Crippen LogP contribution in [0.15, 0.2) is 0 Å². The maximum absolute atomic E-state index is 10.8. The standard InChI is InChI=1S/C8H12N2O6/c11-5(1-3-7(13)14)9-10-6(12)2-4-8(15)16/h1-4H2,(H,9,11)(H,10,12)(H,13,14)(H,15,16)/p-2. The molecule has 0 aliphatic heterocycles. The van der Waals surface area contributed by atoms with Gasteiger partial charge in [0, 0.05) is 24.8 Å². The zero-order valence-electron chi connectivity index (χ0n) is 8.28. The zero-order valence-corrected chi connectivity index (χ0v) is 8.28. The molecule has 0 saturated carbocycles. The van der Waals surface area contributed by atoms with Gasteiger partial charge >= 0.3 is 0 Å². The lowest BCUT2D eigenvalue weighted by molar-refractivity contribution is -0.307. The average molecular weight is 230 g/mol. The number of carboxylic acid groups (broad SMARTS) is 2. The van der Waals surface area contributed by atoms with Crippen LogP contribution in [-0.2, 0) is 19.2 Å². The molecular formula is C8H10N2O6-2. The second-order valence-corrected chi connectivity index (χ2v) is 2.84.